The van der Waals surface area contributed by atoms with Crippen molar-refractivity contribution < 1.29 is 14.2 Å². The molecule has 1 fully saturated rings. The number of halogens is 1. The molecule has 1 aromatic rings. The first kappa shape index (κ1) is 11.2. The average Bonchev–Trinajstić information content (AvgIpc) is 2.30. The minimum atomic E-state index is -0.586. The molecule has 6 heteroatoms. The number of anilines is 1. The van der Waals surface area contributed by atoms with E-state index in [1.807, 2.05) is 0 Å². The standard InChI is InChI=1S/C10H14FN3O2/c11-8-5-9(13-7-12-8)14-10(6-15)1-3-16-4-2-10/h5,7,15H,1-4,6H2,(H,12,13,14). The van der Waals surface area contributed by atoms with Gasteiger partial charge in [-0.2, -0.15) is 4.39 Å². The van der Waals surface area contributed by atoms with Crippen LogP contribution in [0.15, 0.2) is 12.4 Å². The van der Waals surface area contributed by atoms with Gasteiger partial charge in [0, 0.05) is 19.3 Å². The van der Waals surface area contributed by atoms with Gasteiger partial charge in [-0.1, -0.05) is 0 Å². The Bertz CT molecular complexity index is 356. The molecule has 0 atom stereocenters. The predicted octanol–water partition coefficient (Wildman–Crippen LogP) is 0.569. The van der Waals surface area contributed by atoms with Crippen molar-refractivity contribution in [3.63, 3.8) is 0 Å². The fourth-order valence-corrected chi connectivity index (χ4v) is 1.76. The zero-order valence-electron chi connectivity index (χ0n) is 8.82. The van der Waals surface area contributed by atoms with Crippen molar-refractivity contribution in [2.24, 2.45) is 0 Å². The molecule has 2 rings (SSSR count). The number of nitrogens with zero attached hydrogens (tertiary/aromatic N) is 2. The van der Waals surface area contributed by atoms with Crippen molar-refractivity contribution in [3.05, 3.63) is 18.3 Å². The van der Waals surface area contributed by atoms with Crippen molar-refractivity contribution in [2.45, 2.75) is 18.4 Å². The van der Waals surface area contributed by atoms with Gasteiger partial charge in [0.15, 0.2) is 0 Å². The first-order valence-corrected chi connectivity index (χ1v) is 5.18. The van der Waals surface area contributed by atoms with Gasteiger partial charge in [0.1, 0.15) is 12.1 Å². The molecule has 0 bridgehead atoms. The van der Waals surface area contributed by atoms with Gasteiger partial charge < -0.3 is 15.2 Å². The van der Waals surface area contributed by atoms with Crippen molar-refractivity contribution in [1.29, 1.82) is 0 Å². The Morgan fingerprint density at radius 3 is 2.81 bits per heavy atom. The van der Waals surface area contributed by atoms with Gasteiger partial charge in [0.2, 0.25) is 5.95 Å². The van der Waals surface area contributed by atoms with E-state index in [1.165, 1.54) is 6.07 Å². The van der Waals surface area contributed by atoms with Crippen molar-refractivity contribution >= 4 is 5.82 Å². The maximum atomic E-state index is 12.9. The lowest BCUT2D eigenvalue weighted by Crippen LogP contribution is -2.47. The molecule has 0 aromatic carbocycles. The summed E-state index contributed by atoms with van der Waals surface area (Å²) < 4.78 is 18.1. The zero-order valence-corrected chi connectivity index (χ0v) is 8.82. The second-order valence-corrected chi connectivity index (χ2v) is 3.90. The molecule has 5 nitrogen and oxygen atoms in total. The zero-order chi connectivity index (χ0) is 11.4. The van der Waals surface area contributed by atoms with Gasteiger partial charge in [-0.3, -0.25) is 0 Å². The number of hydrogen-bond acceptors (Lipinski definition) is 5. The first-order chi connectivity index (χ1) is 7.74. The number of aromatic nitrogens is 2. The van der Waals surface area contributed by atoms with Crippen molar-refractivity contribution in [2.75, 3.05) is 25.1 Å². The molecule has 2 heterocycles. The van der Waals surface area contributed by atoms with Crippen LogP contribution in [0.5, 0.6) is 0 Å². The van der Waals surface area contributed by atoms with Gasteiger partial charge in [0.25, 0.3) is 0 Å². The molecular weight excluding hydrogens is 213 g/mol. The van der Waals surface area contributed by atoms with Crippen LogP contribution >= 0.6 is 0 Å². The molecule has 0 radical (unpaired) electrons. The van der Waals surface area contributed by atoms with Crippen molar-refractivity contribution in [1.82, 2.24) is 9.97 Å². The summed E-state index contributed by atoms with van der Waals surface area (Å²) in [6.07, 6.45) is 2.51. The lowest BCUT2D eigenvalue weighted by Gasteiger charge is -2.36. The molecule has 0 aliphatic carbocycles. The maximum Gasteiger partial charge on any atom is 0.217 e. The Balaban J connectivity index is 2.11. The summed E-state index contributed by atoms with van der Waals surface area (Å²) in [4.78, 5) is 7.29. The average molecular weight is 227 g/mol. The number of rotatable bonds is 3. The predicted molar refractivity (Wildman–Crippen MR) is 55.5 cm³/mol. The molecule has 88 valence electrons. The molecule has 2 N–H and O–H groups in total. The summed E-state index contributed by atoms with van der Waals surface area (Å²) in [5, 5.41) is 12.5. The molecule has 1 aliphatic heterocycles. The van der Waals surface area contributed by atoms with E-state index >= 15 is 0 Å². The quantitative estimate of drug-likeness (QED) is 0.739. The van der Waals surface area contributed by atoms with Gasteiger partial charge >= 0.3 is 0 Å². The Morgan fingerprint density at radius 1 is 1.44 bits per heavy atom. The topological polar surface area (TPSA) is 67.3 Å². The summed E-state index contributed by atoms with van der Waals surface area (Å²) in [7, 11) is 0. The van der Waals surface area contributed by atoms with Gasteiger partial charge in [-0.25, -0.2) is 9.97 Å². The molecule has 16 heavy (non-hydrogen) atoms. The van der Waals surface area contributed by atoms with Crippen molar-refractivity contribution in [3.8, 4) is 0 Å². The normalized spacial score (nSPS) is 19.4. The fraction of sp³-hybridized carbons (Fsp3) is 0.600. The Hall–Kier alpha value is -1.27. The third kappa shape index (κ3) is 2.45. The van der Waals surface area contributed by atoms with E-state index < -0.39 is 11.5 Å². The number of aliphatic hydroxyl groups excluding tert-OH is 1. The minimum absolute atomic E-state index is 0.0258. The van der Waals surface area contributed by atoms with Crippen LogP contribution in [0.4, 0.5) is 10.2 Å². The highest BCUT2D eigenvalue weighted by Crippen LogP contribution is 2.24. The van der Waals surface area contributed by atoms with Crippen LogP contribution in [0.3, 0.4) is 0 Å². The Morgan fingerprint density at radius 2 is 2.19 bits per heavy atom. The van der Waals surface area contributed by atoms with E-state index in [-0.39, 0.29) is 6.61 Å². The van der Waals surface area contributed by atoms with Crippen LogP contribution in [-0.4, -0.2) is 40.4 Å². The number of aliphatic hydroxyl groups is 1. The second-order valence-electron chi connectivity index (χ2n) is 3.90. The SMILES string of the molecule is OCC1(Nc2cc(F)ncn2)CCOCC1. The van der Waals surface area contributed by atoms with Crippen LogP contribution in [0.25, 0.3) is 0 Å². The van der Waals surface area contributed by atoms with Gasteiger partial charge in [-0.05, 0) is 12.8 Å². The highest BCUT2D eigenvalue weighted by Gasteiger charge is 2.32. The van der Waals surface area contributed by atoms with Crippen LogP contribution in [-0.2, 0) is 4.74 Å². The van der Waals surface area contributed by atoms with E-state index in [1.54, 1.807) is 0 Å². The molecule has 0 spiro atoms. The Labute approximate surface area is 92.7 Å². The number of nitrogens with one attached hydrogen (secondary N) is 1. The smallest absolute Gasteiger partial charge is 0.217 e. The third-order valence-corrected chi connectivity index (χ3v) is 2.78. The first-order valence-electron chi connectivity index (χ1n) is 5.18. The summed E-state index contributed by atoms with van der Waals surface area (Å²) in [5.41, 5.74) is -0.459. The van der Waals surface area contributed by atoms with Gasteiger partial charge in [0.05, 0.1) is 12.1 Å². The molecule has 0 unspecified atom stereocenters. The molecular formula is C10H14FN3O2. The minimum Gasteiger partial charge on any atom is -0.394 e. The van der Waals surface area contributed by atoms with Crippen LogP contribution in [0.1, 0.15) is 12.8 Å². The van der Waals surface area contributed by atoms with E-state index in [2.05, 4.69) is 15.3 Å². The number of hydrogen-bond donors (Lipinski definition) is 2. The molecule has 1 aliphatic rings. The van der Waals surface area contributed by atoms with Crippen LogP contribution in [0, 0.1) is 5.95 Å². The Kier molecular flexibility index (Phi) is 3.31. The van der Waals surface area contributed by atoms with E-state index in [9.17, 15) is 9.50 Å². The lowest BCUT2D eigenvalue weighted by molar-refractivity contribution is 0.0378. The van der Waals surface area contributed by atoms with Gasteiger partial charge in [-0.15, -0.1) is 0 Å². The number of ether oxygens (including phenoxy) is 1. The largest absolute Gasteiger partial charge is 0.394 e. The van der Waals surface area contributed by atoms with E-state index in [4.69, 9.17) is 4.74 Å². The van der Waals surface area contributed by atoms with Crippen LogP contribution < -0.4 is 5.32 Å². The lowest BCUT2D eigenvalue weighted by atomic mass is 9.91. The molecule has 1 saturated heterocycles. The summed E-state index contributed by atoms with van der Waals surface area (Å²) in [5.74, 6) is -0.193. The monoisotopic (exact) mass is 227 g/mol. The summed E-state index contributed by atoms with van der Waals surface area (Å²) in [6, 6.07) is 1.22. The molecule has 1 aromatic heterocycles. The molecule has 0 amide bonds. The summed E-state index contributed by atoms with van der Waals surface area (Å²) >= 11 is 0. The van der Waals surface area contributed by atoms with E-state index in [0.29, 0.717) is 31.9 Å². The maximum absolute atomic E-state index is 12.9. The van der Waals surface area contributed by atoms with Crippen LogP contribution in [0.2, 0.25) is 0 Å². The second kappa shape index (κ2) is 4.71. The summed E-state index contributed by atoms with van der Waals surface area (Å²) in [6.45, 7) is 1.14. The van der Waals surface area contributed by atoms with E-state index in [0.717, 1.165) is 6.33 Å². The third-order valence-electron chi connectivity index (χ3n) is 2.78. The highest BCUT2D eigenvalue weighted by atomic mass is 19.1. The highest BCUT2D eigenvalue weighted by molar-refractivity contribution is 5.36. The fourth-order valence-electron chi connectivity index (χ4n) is 1.76. The molecule has 0 saturated carbocycles.